The molecule has 36 heavy (non-hydrogen) atoms. The van der Waals surface area contributed by atoms with Gasteiger partial charge in [-0.15, -0.1) is 0 Å². The minimum atomic E-state index is -0.406. The first-order chi connectivity index (χ1) is 17.4. The lowest BCUT2D eigenvalue weighted by atomic mass is 10.2. The quantitative estimate of drug-likeness (QED) is 0.0864. The van der Waals surface area contributed by atoms with E-state index in [1.54, 1.807) is 12.1 Å². The third-order valence-electron chi connectivity index (χ3n) is 5.35. The Labute approximate surface area is 209 Å². The molecule has 4 aromatic rings. The Morgan fingerprint density at radius 3 is 2.64 bits per heavy atom. The maximum Gasteiger partial charge on any atom is 0.330 e. The van der Waals surface area contributed by atoms with Crippen LogP contribution >= 0.6 is 0 Å². The summed E-state index contributed by atoms with van der Waals surface area (Å²) in [6, 6.07) is 21.8. The van der Waals surface area contributed by atoms with E-state index in [9.17, 15) is 14.9 Å². The van der Waals surface area contributed by atoms with Gasteiger partial charge in [-0.2, -0.15) is 0 Å². The van der Waals surface area contributed by atoms with E-state index in [1.165, 1.54) is 18.2 Å². The van der Waals surface area contributed by atoms with Gasteiger partial charge in [0.2, 0.25) is 0 Å². The molecule has 1 heterocycles. The van der Waals surface area contributed by atoms with Crippen LogP contribution in [-0.2, 0) is 9.53 Å². The van der Waals surface area contributed by atoms with Crippen molar-refractivity contribution in [2.75, 3.05) is 6.61 Å². The van der Waals surface area contributed by atoms with Crippen molar-refractivity contribution in [2.45, 2.75) is 32.8 Å². The van der Waals surface area contributed by atoms with Gasteiger partial charge in [0, 0.05) is 29.8 Å². The lowest BCUT2D eigenvalue weighted by Crippen LogP contribution is -2.08. The molecule has 0 fully saturated rings. The average Bonchev–Trinajstić information content (AvgIpc) is 3.25. The number of esters is 1. The maximum atomic E-state index is 11.6. The number of benzene rings is 3. The standard InChI is InChI=1S/C28H27N3O5/c1-20(2)36-27(32)14-7-4-8-17-35-24-15-16-25-26(19-24)30(22-12-9-13-23(18-22)31(33)34)28(29-25)21-10-5-3-6-11-21/h3,5-7,9-16,18-20H,4,8,17H2,1-2H3. The van der Waals surface area contributed by atoms with E-state index in [0.717, 1.165) is 23.0 Å². The van der Waals surface area contributed by atoms with Gasteiger partial charge in [-0.05, 0) is 44.9 Å². The topological polar surface area (TPSA) is 96.5 Å². The zero-order valence-corrected chi connectivity index (χ0v) is 20.2. The van der Waals surface area contributed by atoms with Crippen molar-refractivity contribution in [1.82, 2.24) is 9.55 Å². The summed E-state index contributed by atoms with van der Waals surface area (Å²) in [6.07, 6.45) is 4.48. The van der Waals surface area contributed by atoms with Crippen molar-refractivity contribution in [3.63, 3.8) is 0 Å². The molecule has 0 bridgehead atoms. The predicted molar refractivity (Wildman–Crippen MR) is 138 cm³/mol. The molecule has 0 aliphatic carbocycles. The van der Waals surface area contributed by atoms with Crippen LogP contribution in [0.5, 0.6) is 5.75 Å². The number of hydrogen-bond acceptors (Lipinski definition) is 6. The second-order valence-electron chi connectivity index (χ2n) is 8.44. The summed E-state index contributed by atoms with van der Waals surface area (Å²) in [5, 5.41) is 11.4. The van der Waals surface area contributed by atoms with E-state index in [2.05, 4.69) is 0 Å². The van der Waals surface area contributed by atoms with Crippen LogP contribution in [0.2, 0.25) is 0 Å². The number of non-ortho nitro benzene ring substituents is 1. The van der Waals surface area contributed by atoms with Gasteiger partial charge in [0.05, 0.1) is 34.4 Å². The monoisotopic (exact) mass is 485 g/mol. The summed E-state index contributed by atoms with van der Waals surface area (Å²) >= 11 is 0. The number of fused-ring (bicyclic) bond motifs is 1. The number of allylic oxidation sites excluding steroid dienone is 1. The Bertz CT molecular complexity index is 1390. The minimum Gasteiger partial charge on any atom is -0.494 e. The fourth-order valence-corrected chi connectivity index (χ4v) is 3.78. The van der Waals surface area contributed by atoms with Crippen molar-refractivity contribution in [3.05, 3.63) is 95.1 Å². The molecule has 0 aliphatic rings. The fraction of sp³-hybridized carbons (Fsp3) is 0.214. The van der Waals surface area contributed by atoms with Gasteiger partial charge < -0.3 is 9.47 Å². The molecule has 0 aliphatic heterocycles. The van der Waals surface area contributed by atoms with Crippen LogP contribution in [-0.4, -0.2) is 33.2 Å². The highest BCUT2D eigenvalue weighted by Gasteiger charge is 2.17. The molecule has 8 nitrogen and oxygen atoms in total. The second-order valence-corrected chi connectivity index (χ2v) is 8.44. The van der Waals surface area contributed by atoms with Gasteiger partial charge in [0.1, 0.15) is 11.6 Å². The smallest absolute Gasteiger partial charge is 0.330 e. The highest BCUT2D eigenvalue weighted by Crippen LogP contribution is 2.32. The lowest BCUT2D eigenvalue weighted by Gasteiger charge is -2.11. The third kappa shape index (κ3) is 5.96. The number of ether oxygens (including phenoxy) is 2. The van der Waals surface area contributed by atoms with Crippen LogP contribution in [0, 0.1) is 10.1 Å². The summed E-state index contributed by atoms with van der Waals surface area (Å²) in [5.41, 5.74) is 3.07. The van der Waals surface area contributed by atoms with E-state index in [4.69, 9.17) is 14.5 Å². The number of hydrogen-bond donors (Lipinski definition) is 0. The molecular formula is C28H27N3O5. The molecule has 0 atom stereocenters. The Balaban J connectivity index is 1.58. The van der Waals surface area contributed by atoms with Crippen molar-refractivity contribution in [1.29, 1.82) is 0 Å². The van der Waals surface area contributed by atoms with E-state index in [1.807, 2.05) is 73.0 Å². The van der Waals surface area contributed by atoms with Crippen LogP contribution in [0.3, 0.4) is 0 Å². The van der Waals surface area contributed by atoms with Gasteiger partial charge >= 0.3 is 5.97 Å². The molecule has 1 aromatic heterocycles. The van der Waals surface area contributed by atoms with Gasteiger partial charge in [-0.3, -0.25) is 14.7 Å². The number of unbranched alkanes of at least 4 members (excludes halogenated alkanes) is 1. The number of aromatic nitrogens is 2. The predicted octanol–water partition coefficient (Wildman–Crippen LogP) is 6.27. The fourth-order valence-electron chi connectivity index (χ4n) is 3.78. The van der Waals surface area contributed by atoms with Crippen molar-refractivity contribution >= 4 is 22.7 Å². The first kappa shape index (κ1) is 24.7. The molecule has 0 amide bonds. The number of carbonyl (C=O) groups is 1. The second kappa shape index (κ2) is 11.3. The first-order valence-corrected chi connectivity index (χ1v) is 11.7. The highest BCUT2D eigenvalue weighted by molar-refractivity contribution is 5.84. The number of nitro groups is 1. The molecule has 0 saturated heterocycles. The summed E-state index contributed by atoms with van der Waals surface area (Å²) in [7, 11) is 0. The van der Waals surface area contributed by atoms with Gasteiger partial charge in [-0.25, -0.2) is 9.78 Å². The summed E-state index contributed by atoms with van der Waals surface area (Å²) in [4.78, 5) is 27.4. The number of carbonyl (C=O) groups excluding carboxylic acids is 1. The SMILES string of the molecule is CC(C)OC(=O)C=CCCCOc1ccc2nc(-c3ccccc3)n(-c3cccc([N+](=O)[O-])c3)c2c1. The van der Waals surface area contributed by atoms with Crippen LogP contribution in [0.1, 0.15) is 26.7 Å². The maximum absolute atomic E-state index is 11.6. The third-order valence-corrected chi connectivity index (χ3v) is 5.35. The first-order valence-electron chi connectivity index (χ1n) is 11.7. The van der Waals surface area contributed by atoms with Crippen LogP contribution < -0.4 is 4.74 Å². The van der Waals surface area contributed by atoms with Crippen LogP contribution in [0.25, 0.3) is 28.1 Å². The van der Waals surface area contributed by atoms with Gasteiger partial charge in [0.15, 0.2) is 0 Å². The van der Waals surface area contributed by atoms with E-state index < -0.39 is 4.92 Å². The normalized spacial score (nSPS) is 11.3. The molecule has 0 unspecified atom stereocenters. The Kier molecular flexibility index (Phi) is 7.75. The van der Waals surface area contributed by atoms with Crippen molar-refractivity contribution in [2.24, 2.45) is 0 Å². The van der Waals surface area contributed by atoms with Crippen LogP contribution in [0.4, 0.5) is 5.69 Å². The zero-order valence-electron chi connectivity index (χ0n) is 20.2. The van der Waals surface area contributed by atoms with Crippen LogP contribution in [0.15, 0.2) is 84.9 Å². The number of rotatable bonds is 10. The van der Waals surface area contributed by atoms with E-state index in [0.29, 0.717) is 30.3 Å². The minimum absolute atomic E-state index is 0.00565. The average molecular weight is 486 g/mol. The summed E-state index contributed by atoms with van der Waals surface area (Å²) in [5.74, 6) is 0.999. The molecule has 184 valence electrons. The largest absolute Gasteiger partial charge is 0.494 e. The number of imidazole rings is 1. The number of nitrogens with zero attached hydrogens (tertiary/aromatic N) is 3. The van der Waals surface area contributed by atoms with E-state index in [-0.39, 0.29) is 17.8 Å². The molecule has 0 radical (unpaired) electrons. The molecule has 0 saturated carbocycles. The van der Waals surface area contributed by atoms with Gasteiger partial charge in [0.25, 0.3) is 5.69 Å². The molecule has 0 N–H and O–H groups in total. The number of nitro benzene ring substituents is 1. The Morgan fingerprint density at radius 2 is 1.89 bits per heavy atom. The van der Waals surface area contributed by atoms with E-state index >= 15 is 0 Å². The Morgan fingerprint density at radius 1 is 1.08 bits per heavy atom. The molecular weight excluding hydrogens is 458 g/mol. The zero-order chi connectivity index (χ0) is 25.5. The molecule has 8 heteroatoms. The highest BCUT2D eigenvalue weighted by atomic mass is 16.6. The Hall–Kier alpha value is -4.46. The molecule has 0 spiro atoms. The lowest BCUT2D eigenvalue weighted by molar-refractivity contribution is -0.384. The summed E-state index contributed by atoms with van der Waals surface area (Å²) < 4.78 is 12.9. The van der Waals surface area contributed by atoms with Crippen molar-refractivity contribution < 1.29 is 19.2 Å². The molecule has 3 aromatic carbocycles. The molecule has 4 rings (SSSR count). The van der Waals surface area contributed by atoms with Gasteiger partial charge in [-0.1, -0.05) is 42.5 Å². The van der Waals surface area contributed by atoms with Crippen molar-refractivity contribution in [3.8, 4) is 22.8 Å². The summed E-state index contributed by atoms with van der Waals surface area (Å²) in [6.45, 7) is 4.08.